The van der Waals surface area contributed by atoms with Gasteiger partial charge < -0.3 is 14.8 Å². The summed E-state index contributed by atoms with van der Waals surface area (Å²) in [5.74, 6) is 0.544. The van der Waals surface area contributed by atoms with Crippen LogP contribution in [0.2, 0.25) is 0 Å². The fraction of sp³-hybridized carbons (Fsp3) is 0.786. The van der Waals surface area contributed by atoms with Crippen LogP contribution in [0.4, 0.5) is 0 Å². The smallest absolute Gasteiger partial charge is 0.103 e. The van der Waals surface area contributed by atoms with Crippen molar-refractivity contribution in [3.8, 4) is 0 Å². The molecule has 0 saturated carbocycles. The summed E-state index contributed by atoms with van der Waals surface area (Å²) in [4.78, 5) is 0. The molecule has 0 aromatic carbocycles. The average molecular weight is 265 g/mol. The minimum absolute atomic E-state index is 0.192. The van der Waals surface area contributed by atoms with Gasteiger partial charge in [0.1, 0.15) is 6.10 Å². The molecule has 0 amide bonds. The van der Waals surface area contributed by atoms with Crippen LogP contribution in [-0.4, -0.2) is 42.2 Å². The van der Waals surface area contributed by atoms with E-state index in [2.05, 4.69) is 23.4 Å². The van der Waals surface area contributed by atoms with E-state index in [-0.39, 0.29) is 6.10 Å². The molecular weight excluding hydrogens is 242 g/mol. The Morgan fingerprint density at radius 2 is 2.37 bits per heavy atom. The van der Waals surface area contributed by atoms with Crippen LogP contribution >= 0.6 is 0 Å². The predicted octanol–water partition coefficient (Wildman–Crippen LogP) is 1.36. The number of aryl methyl sites for hydroxylation is 1. The summed E-state index contributed by atoms with van der Waals surface area (Å²) >= 11 is 0. The van der Waals surface area contributed by atoms with Crippen LogP contribution in [0.3, 0.4) is 0 Å². The Labute approximate surface area is 114 Å². The first-order chi connectivity index (χ1) is 9.38. The van der Waals surface area contributed by atoms with Gasteiger partial charge in [0.2, 0.25) is 0 Å². The largest absolute Gasteiger partial charge is 0.380 e. The van der Waals surface area contributed by atoms with E-state index >= 15 is 0 Å². The summed E-state index contributed by atoms with van der Waals surface area (Å²) < 4.78 is 13.4. The molecule has 1 aromatic heterocycles. The Morgan fingerprint density at radius 3 is 3.16 bits per heavy atom. The van der Waals surface area contributed by atoms with E-state index in [1.165, 1.54) is 5.69 Å². The van der Waals surface area contributed by atoms with Gasteiger partial charge in [0, 0.05) is 44.5 Å². The Balaban J connectivity index is 1.61. The van der Waals surface area contributed by atoms with Gasteiger partial charge in [0.25, 0.3) is 0 Å². The quantitative estimate of drug-likeness (QED) is 0.873. The molecule has 3 rings (SSSR count). The molecule has 106 valence electrons. The van der Waals surface area contributed by atoms with Gasteiger partial charge in [-0.2, -0.15) is 5.10 Å². The second-order valence-electron chi connectivity index (χ2n) is 5.38. The van der Waals surface area contributed by atoms with Crippen LogP contribution < -0.4 is 5.32 Å². The summed E-state index contributed by atoms with van der Waals surface area (Å²) in [5, 5.41) is 7.97. The Hall–Kier alpha value is -0.910. The molecule has 0 bridgehead atoms. The van der Waals surface area contributed by atoms with E-state index in [0.717, 1.165) is 45.8 Å². The summed E-state index contributed by atoms with van der Waals surface area (Å²) in [6, 6.07) is 2.61. The van der Waals surface area contributed by atoms with Crippen molar-refractivity contribution in [2.75, 3.05) is 26.4 Å². The molecular formula is C14H23N3O2. The molecule has 1 aromatic rings. The van der Waals surface area contributed by atoms with Crippen LogP contribution in [0.25, 0.3) is 0 Å². The van der Waals surface area contributed by atoms with E-state index in [9.17, 15) is 0 Å². The second kappa shape index (κ2) is 6.03. The Kier molecular flexibility index (Phi) is 4.15. The maximum atomic E-state index is 5.94. The van der Waals surface area contributed by atoms with Crippen LogP contribution in [0, 0.1) is 5.92 Å². The molecule has 0 spiro atoms. The molecule has 5 heteroatoms. The molecule has 3 atom stereocenters. The fourth-order valence-electron chi connectivity index (χ4n) is 3.03. The maximum absolute atomic E-state index is 5.94. The van der Waals surface area contributed by atoms with Crippen molar-refractivity contribution in [1.82, 2.24) is 15.1 Å². The highest BCUT2D eigenvalue weighted by Gasteiger charge is 2.32. The summed E-state index contributed by atoms with van der Waals surface area (Å²) in [6.07, 6.45) is 4.32. The van der Waals surface area contributed by atoms with Gasteiger partial charge in [-0.05, 0) is 25.8 Å². The lowest BCUT2D eigenvalue weighted by Gasteiger charge is -2.21. The van der Waals surface area contributed by atoms with Gasteiger partial charge >= 0.3 is 0 Å². The van der Waals surface area contributed by atoms with Gasteiger partial charge in [-0.25, -0.2) is 0 Å². The highest BCUT2D eigenvalue weighted by atomic mass is 16.5. The molecule has 19 heavy (non-hydrogen) atoms. The molecule has 2 fully saturated rings. The normalized spacial score (nSPS) is 31.1. The molecule has 2 saturated heterocycles. The summed E-state index contributed by atoms with van der Waals surface area (Å²) in [7, 11) is 0. The number of nitrogens with one attached hydrogen (secondary N) is 1. The third-order valence-corrected chi connectivity index (χ3v) is 4.15. The third kappa shape index (κ3) is 2.83. The van der Waals surface area contributed by atoms with Crippen LogP contribution in [0.5, 0.6) is 0 Å². The first kappa shape index (κ1) is 13.1. The number of aromatic nitrogens is 2. The highest BCUT2D eigenvalue weighted by Crippen LogP contribution is 2.34. The van der Waals surface area contributed by atoms with Gasteiger partial charge in [0.05, 0.1) is 12.3 Å². The zero-order valence-corrected chi connectivity index (χ0v) is 11.5. The molecule has 2 aliphatic rings. The van der Waals surface area contributed by atoms with Crippen LogP contribution in [0.15, 0.2) is 12.3 Å². The van der Waals surface area contributed by atoms with Crippen molar-refractivity contribution < 1.29 is 9.47 Å². The molecule has 0 radical (unpaired) electrons. The van der Waals surface area contributed by atoms with E-state index in [0.29, 0.717) is 12.0 Å². The molecule has 0 aliphatic carbocycles. The van der Waals surface area contributed by atoms with E-state index in [4.69, 9.17) is 9.47 Å². The van der Waals surface area contributed by atoms with Crippen molar-refractivity contribution in [2.45, 2.75) is 38.5 Å². The Bertz CT molecular complexity index is 401. The zero-order valence-electron chi connectivity index (χ0n) is 11.5. The van der Waals surface area contributed by atoms with Gasteiger partial charge in [0.15, 0.2) is 0 Å². The number of nitrogens with zero attached hydrogens (tertiary/aromatic N) is 2. The lowest BCUT2D eigenvalue weighted by Crippen LogP contribution is -2.34. The average Bonchev–Trinajstić information content (AvgIpc) is 3.16. The van der Waals surface area contributed by atoms with Crippen molar-refractivity contribution in [3.63, 3.8) is 0 Å². The number of hydrogen-bond acceptors (Lipinski definition) is 4. The molecule has 5 nitrogen and oxygen atoms in total. The van der Waals surface area contributed by atoms with Crippen molar-refractivity contribution in [1.29, 1.82) is 0 Å². The Morgan fingerprint density at radius 1 is 1.42 bits per heavy atom. The minimum Gasteiger partial charge on any atom is -0.380 e. The predicted molar refractivity (Wildman–Crippen MR) is 71.9 cm³/mol. The first-order valence-electron chi connectivity index (χ1n) is 7.33. The zero-order chi connectivity index (χ0) is 13.1. The van der Waals surface area contributed by atoms with Gasteiger partial charge in [-0.3, -0.25) is 4.68 Å². The number of hydrogen-bond donors (Lipinski definition) is 1. The molecule has 1 N–H and O–H groups in total. The summed E-state index contributed by atoms with van der Waals surface area (Å²) in [5.41, 5.74) is 1.22. The lowest BCUT2D eigenvalue weighted by atomic mass is 9.98. The fourth-order valence-corrected chi connectivity index (χ4v) is 3.03. The standard InChI is InChI=1S/C14H23N3O2/c1-2-17-13(3-6-16-17)14-11(4-8-19-14)9-15-12-5-7-18-10-12/h3,6,11-12,14-15H,2,4-5,7-10H2,1H3/t11-,12?,14+/m0/s1. The van der Waals surface area contributed by atoms with Crippen molar-refractivity contribution in [3.05, 3.63) is 18.0 Å². The van der Waals surface area contributed by atoms with Crippen molar-refractivity contribution >= 4 is 0 Å². The second-order valence-corrected chi connectivity index (χ2v) is 5.38. The monoisotopic (exact) mass is 265 g/mol. The third-order valence-electron chi connectivity index (χ3n) is 4.15. The maximum Gasteiger partial charge on any atom is 0.103 e. The van der Waals surface area contributed by atoms with E-state index in [1.54, 1.807) is 0 Å². The highest BCUT2D eigenvalue weighted by molar-refractivity contribution is 5.08. The van der Waals surface area contributed by atoms with Gasteiger partial charge in [-0.1, -0.05) is 0 Å². The number of rotatable bonds is 5. The first-order valence-corrected chi connectivity index (χ1v) is 7.33. The molecule has 1 unspecified atom stereocenters. The topological polar surface area (TPSA) is 48.3 Å². The van der Waals surface area contributed by atoms with Crippen molar-refractivity contribution in [2.24, 2.45) is 5.92 Å². The minimum atomic E-state index is 0.192. The van der Waals surface area contributed by atoms with E-state index in [1.807, 2.05) is 10.9 Å². The van der Waals surface area contributed by atoms with Crippen LogP contribution in [0.1, 0.15) is 31.6 Å². The van der Waals surface area contributed by atoms with Crippen LogP contribution in [-0.2, 0) is 16.0 Å². The molecule has 2 aliphatic heterocycles. The molecule has 3 heterocycles. The summed E-state index contributed by atoms with van der Waals surface area (Å²) in [6.45, 7) is 6.63. The lowest BCUT2D eigenvalue weighted by molar-refractivity contribution is 0.0821. The SMILES string of the molecule is CCn1nccc1[C@@H]1OCC[C@H]1CNC1CCOC1. The van der Waals surface area contributed by atoms with E-state index < -0.39 is 0 Å². The number of ether oxygens (including phenoxy) is 2. The van der Waals surface area contributed by atoms with Gasteiger partial charge in [-0.15, -0.1) is 0 Å².